The standard InChI is InChI=1S/C15H12N6S/c1-9-2-7-12-13(8-9)21-14(18-19-20-21)15(17-12)22-11-5-3-10(16)4-6-11/h2-8H,16H2,1H3. The summed E-state index contributed by atoms with van der Waals surface area (Å²) in [7, 11) is 0. The Morgan fingerprint density at radius 3 is 2.73 bits per heavy atom. The van der Waals surface area contributed by atoms with Crippen LogP contribution in [0.25, 0.3) is 16.7 Å². The Morgan fingerprint density at radius 1 is 1.09 bits per heavy atom. The number of benzene rings is 2. The number of nitrogens with zero attached hydrogens (tertiary/aromatic N) is 5. The molecule has 108 valence electrons. The first kappa shape index (κ1) is 13.0. The number of anilines is 1. The smallest absolute Gasteiger partial charge is 0.212 e. The van der Waals surface area contributed by atoms with Crippen molar-refractivity contribution in [1.29, 1.82) is 0 Å². The van der Waals surface area contributed by atoms with Crippen molar-refractivity contribution in [2.45, 2.75) is 16.8 Å². The summed E-state index contributed by atoms with van der Waals surface area (Å²) in [4.78, 5) is 5.74. The van der Waals surface area contributed by atoms with Gasteiger partial charge in [-0.2, -0.15) is 4.52 Å². The second-order valence-corrected chi connectivity index (χ2v) is 6.06. The fourth-order valence-corrected chi connectivity index (χ4v) is 3.11. The van der Waals surface area contributed by atoms with E-state index in [9.17, 15) is 0 Å². The van der Waals surface area contributed by atoms with Gasteiger partial charge in [-0.3, -0.25) is 0 Å². The van der Waals surface area contributed by atoms with Gasteiger partial charge in [-0.1, -0.05) is 17.8 Å². The van der Waals surface area contributed by atoms with Gasteiger partial charge in [0.1, 0.15) is 5.03 Å². The first-order valence-corrected chi connectivity index (χ1v) is 7.54. The third-order valence-corrected chi connectivity index (χ3v) is 4.31. The molecule has 2 heterocycles. The highest BCUT2D eigenvalue weighted by Crippen LogP contribution is 2.30. The van der Waals surface area contributed by atoms with E-state index < -0.39 is 0 Å². The molecule has 0 saturated carbocycles. The molecular formula is C15H12N6S. The predicted molar refractivity (Wildman–Crippen MR) is 85.8 cm³/mol. The summed E-state index contributed by atoms with van der Waals surface area (Å²) in [6.07, 6.45) is 0. The highest BCUT2D eigenvalue weighted by atomic mass is 32.2. The van der Waals surface area contributed by atoms with Gasteiger partial charge in [-0.15, -0.1) is 5.10 Å². The van der Waals surface area contributed by atoms with E-state index in [1.54, 1.807) is 4.52 Å². The van der Waals surface area contributed by atoms with Gasteiger partial charge in [0, 0.05) is 10.6 Å². The minimum absolute atomic E-state index is 0.653. The molecule has 0 atom stereocenters. The molecule has 0 aliphatic rings. The van der Waals surface area contributed by atoms with Crippen molar-refractivity contribution >= 4 is 34.1 Å². The van der Waals surface area contributed by atoms with Crippen LogP contribution in [0.4, 0.5) is 5.69 Å². The van der Waals surface area contributed by atoms with Crippen molar-refractivity contribution in [2.75, 3.05) is 5.73 Å². The first-order valence-electron chi connectivity index (χ1n) is 6.72. The molecule has 4 aromatic rings. The number of hydrogen-bond donors (Lipinski definition) is 1. The van der Waals surface area contributed by atoms with E-state index in [1.807, 2.05) is 49.4 Å². The van der Waals surface area contributed by atoms with E-state index in [1.165, 1.54) is 11.8 Å². The fourth-order valence-electron chi connectivity index (χ4n) is 2.26. The van der Waals surface area contributed by atoms with E-state index in [0.29, 0.717) is 5.65 Å². The van der Waals surface area contributed by atoms with Crippen molar-refractivity contribution < 1.29 is 0 Å². The number of aromatic nitrogens is 5. The Kier molecular flexibility index (Phi) is 2.93. The molecule has 0 fully saturated rings. The maximum Gasteiger partial charge on any atom is 0.212 e. The second kappa shape index (κ2) is 4.96. The molecule has 7 heteroatoms. The summed E-state index contributed by atoms with van der Waals surface area (Å²) in [5.74, 6) is 0. The number of nitrogens with two attached hydrogens (primary N) is 1. The number of aryl methyl sites for hydroxylation is 1. The van der Waals surface area contributed by atoms with Gasteiger partial charge in [0.2, 0.25) is 5.65 Å². The average molecular weight is 308 g/mol. The normalized spacial score (nSPS) is 11.3. The number of rotatable bonds is 2. The minimum atomic E-state index is 0.653. The van der Waals surface area contributed by atoms with Crippen LogP contribution in [0, 0.1) is 6.92 Å². The molecule has 4 rings (SSSR count). The van der Waals surface area contributed by atoms with Crippen LogP contribution in [0.3, 0.4) is 0 Å². The SMILES string of the molecule is Cc1ccc2nc(Sc3ccc(N)cc3)c3nnnn3c2c1. The molecule has 0 unspecified atom stereocenters. The van der Waals surface area contributed by atoms with Crippen molar-refractivity contribution in [3.8, 4) is 0 Å². The molecule has 6 nitrogen and oxygen atoms in total. The zero-order chi connectivity index (χ0) is 15.1. The lowest BCUT2D eigenvalue weighted by molar-refractivity contribution is 0.839. The third-order valence-electron chi connectivity index (χ3n) is 3.34. The molecule has 0 aliphatic heterocycles. The average Bonchev–Trinajstić information content (AvgIpc) is 3.00. The fraction of sp³-hybridized carbons (Fsp3) is 0.0667. The predicted octanol–water partition coefficient (Wildman–Crippen LogP) is 2.71. The van der Waals surface area contributed by atoms with Crippen molar-refractivity contribution in [2.24, 2.45) is 0 Å². The van der Waals surface area contributed by atoms with Crippen LogP contribution in [-0.4, -0.2) is 25.0 Å². The Balaban J connectivity index is 1.90. The van der Waals surface area contributed by atoms with E-state index >= 15 is 0 Å². The topological polar surface area (TPSA) is 82.0 Å². The molecular weight excluding hydrogens is 296 g/mol. The summed E-state index contributed by atoms with van der Waals surface area (Å²) < 4.78 is 1.73. The van der Waals surface area contributed by atoms with Crippen LogP contribution in [0.1, 0.15) is 5.56 Å². The van der Waals surface area contributed by atoms with E-state index in [2.05, 4.69) is 15.5 Å². The lowest BCUT2D eigenvalue weighted by Crippen LogP contribution is -1.97. The summed E-state index contributed by atoms with van der Waals surface area (Å²) >= 11 is 1.52. The molecule has 2 aromatic heterocycles. The Labute approximate surface area is 130 Å². The van der Waals surface area contributed by atoms with Crippen LogP contribution >= 0.6 is 11.8 Å². The van der Waals surface area contributed by atoms with Gasteiger partial charge in [0.15, 0.2) is 0 Å². The Hall–Kier alpha value is -2.67. The number of tetrazole rings is 1. The summed E-state index contributed by atoms with van der Waals surface area (Å²) in [5, 5.41) is 12.7. The van der Waals surface area contributed by atoms with E-state index in [4.69, 9.17) is 10.7 Å². The number of nitrogen functional groups attached to an aromatic ring is 1. The molecule has 22 heavy (non-hydrogen) atoms. The van der Waals surface area contributed by atoms with Gasteiger partial charge in [-0.05, 0) is 59.3 Å². The molecule has 0 saturated heterocycles. The van der Waals surface area contributed by atoms with Crippen LogP contribution in [0.5, 0.6) is 0 Å². The van der Waals surface area contributed by atoms with Gasteiger partial charge in [0.25, 0.3) is 0 Å². The molecule has 0 radical (unpaired) electrons. The lowest BCUT2D eigenvalue weighted by atomic mass is 10.2. The lowest BCUT2D eigenvalue weighted by Gasteiger charge is -2.06. The van der Waals surface area contributed by atoms with Gasteiger partial charge in [-0.25, -0.2) is 4.98 Å². The van der Waals surface area contributed by atoms with Crippen LogP contribution in [-0.2, 0) is 0 Å². The van der Waals surface area contributed by atoms with Gasteiger partial charge < -0.3 is 5.73 Å². The van der Waals surface area contributed by atoms with Crippen molar-refractivity contribution in [3.63, 3.8) is 0 Å². The monoisotopic (exact) mass is 308 g/mol. The zero-order valence-electron chi connectivity index (χ0n) is 11.8. The van der Waals surface area contributed by atoms with Gasteiger partial charge >= 0.3 is 0 Å². The summed E-state index contributed by atoms with van der Waals surface area (Å²) in [6, 6.07) is 13.7. The van der Waals surface area contributed by atoms with Crippen molar-refractivity contribution in [1.82, 2.24) is 25.0 Å². The zero-order valence-corrected chi connectivity index (χ0v) is 12.6. The maximum atomic E-state index is 5.72. The molecule has 0 aliphatic carbocycles. The second-order valence-electron chi connectivity index (χ2n) is 4.99. The highest BCUT2D eigenvalue weighted by molar-refractivity contribution is 7.99. The molecule has 2 N–H and O–H groups in total. The molecule has 0 bridgehead atoms. The summed E-state index contributed by atoms with van der Waals surface area (Å²) in [5.41, 5.74) is 10.0. The Morgan fingerprint density at radius 2 is 1.91 bits per heavy atom. The molecule has 2 aromatic carbocycles. The summed E-state index contributed by atoms with van der Waals surface area (Å²) in [6.45, 7) is 2.03. The minimum Gasteiger partial charge on any atom is -0.399 e. The largest absolute Gasteiger partial charge is 0.399 e. The molecule has 0 amide bonds. The third kappa shape index (κ3) is 2.15. The van der Waals surface area contributed by atoms with Crippen LogP contribution < -0.4 is 5.73 Å². The van der Waals surface area contributed by atoms with E-state index in [0.717, 1.165) is 32.2 Å². The molecule has 0 spiro atoms. The maximum absolute atomic E-state index is 5.72. The van der Waals surface area contributed by atoms with Crippen LogP contribution in [0.2, 0.25) is 0 Å². The first-order chi connectivity index (χ1) is 10.7. The van der Waals surface area contributed by atoms with Crippen molar-refractivity contribution in [3.05, 3.63) is 48.0 Å². The Bertz CT molecular complexity index is 977. The number of fused-ring (bicyclic) bond motifs is 3. The van der Waals surface area contributed by atoms with E-state index in [-0.39, 0.29) is 0 Å². The highest BCUT2D eigenvalue weighted by Gasteiger charge is 2.13. The van der Waals surface area contributed by atoms with Crippen LogP contribution in [0.15, 0.2) is 52.4 Å². The number of hydrogen-bond acceptors (Lipinski definition) is 6. The van der Waals surface area contributed by atoms with Gasteiger partial charge in [0.05, 0.1) is 11.0 Å². The quantitative estimate of drug-likeness (QED) is 0.573.